The normalized spacial score (nSPS) is 10.3. The number of nitrogens with one attached hydrogen (secondary N) is 1. The van der Waals surface area contributed by atoms with Gasteiger partial charge in [-0.2, -0.15) is 0 Å². The molecule has 0 unspecified atom stereocenters. The van der Waals surface area contributed by atoms with E-state index in [1.165, 1.54) is 18.6 Å². The summed E-state index contributed by atoms with van der Waals surface area (Å²) in [7, 11) is 0. The van der Waals surface area contributed by atoms with Crippen LogP contribution in [0.15, 0.2) is 42.5 Å². The van der Waals surface area contributed by atoms with Crippen molar-refractivity contribution in [2.45, 2.75) is 20.4 Å². The summed E-state index contributed by atoms with van der Waals surface area (Å²) in [5, 5.41) is 3.03. The number of ketones is 1. The maximum atomic E-state index is 13.8. The molecule has 0 fully saturated rings. The van der Waals surface area contributed by atoms with E-state index in [4.69, 9.17) is 0 Å². The third kappa shape index (κ3) is 3.41. The van der Waals surface area contributed by atoms with E-state index in [-0.39, 0.29) is 5.78 Å². The maximum Gasteiger partial charge on any atom is 0.159 e. The fourth-order valence-corrected chi connectivity index (χ4v) is 1.78. The summed E-state index contributed by atoms with van der Waals surface area (Å²) < 4.78 is 13.8. The van der Waals surface area contributed by atoms with E-state index in [1.807, 2.05) is 31.2 Å². The van der Waals surface area contributed by atoms with Gasteiger partial charge in [-0.25, -0.2) is 4.39 Å². The summed E-state index contributed by atoms with van der Waals surface area (Å²) in [5.41, 5.74) is 3.07. The minimum atomic E-state index is -0.403. The van der Waals surface area contributed by atoms with Crippen molar-refractivity contribution < 1.29 is 9.18 Å². The van der Waals surface area contributed by atoms with Crippen LogP contribution in [0.3, 0.4) is 0 Å². The van der Waals surface area contributed by atoms with Gasteiger partial charge in [0.05, 0.1) is 5.69 Å². The van der Waals surface area contributed by atoms with Crippen molar-refractivity contribution in [3.8, 4) is 0 Å². The Hall–Kier alpha value is -2.16. The predicted molar refractivity (Wildman–Crippen MR) is 74.9 cm³/mol. The number of carbonyl (C=O) groups excluding carboxylic acids is 1. The Bertz CT molecular complexity index is 590. The lowest BCUT2D eigenvalue weighted by molar-refractivity contribution is 0.101. The molecule has 0 saturated heterocycles. The standard InChI is InChI=1S/C16H16FNO/c1-11-3-5-13(6-4-11)10-18-16-8-7-14(12(2)19)9-15(16)17/h3-9,18H,10H2,1-2H3. The van der Waals surface area contributed by atoms with Gasteiger partial charge in [0.25, 0.3) is 0 Å². The van der Waals surface area contributed by atoms with Crippen molar-refractivity contribution in [1.82, 2.24) is 0 Å². The average Bonchev–Trinajstić information content (AvgIpc) is 2.39. The molecule has 2 rings (SSSR count). The minimum absolute atomic E-state index is 0.135. The number of rotatable bonds is 4. The van der Waals surface area contributed by atoms with Crippen LogP contribution in [0.2, 0.25) is 0 Å². The van der Waals surface area contributed by atoms with Crippen LogP contribution in [0.25, 0.3) is 0 Å². The topological polar surface area (TPSA) is 29.1 Å². The predicted octanol–water partition coefficient (Wildman–Crippen LogP) is 3.95. The van der Waals surface area contributed by atoms with E-state index in [1.54, 1.807) is 12.1 Å². The highest BCUT2D eigenvalue weighted by Gasteiger charge is 2.06. The number of carbonyl (C=O) groups is 1. The summed E-state index contributed by atoms with van der Waals surface area (Å²) >= 11 is 0. The van der Waals surface area contributed by atoms with Gasteiger partial charge < -0.3 is 5.32 Å². The van der Waals surface area contributed by atoms with Gasteiger partial charge in [0.15, 0.2) is 5.78 Å². The second kappa shape index (κ2) is 5.65. The molecule has 2 nitrogen and oxygen atoms in total. The van der Waals surface area contributed by atoms with Crippen LogP contribution < -0.4 is 5.32 Å². The molecule has 1 N–H and O–H groups in total. The molecule has 0 atom stereocenters. The van der Waals surface area contributed by atoms with E-state index in [9.17, 15) is 9.18 Å². The molecule has 3 heteroatoms. The Balaban J connectivity index is 2.07. The summed E-state index contributed by atoms with van der Waals surface area (Å²) in [6.45, 7) is 4.00. The molecule has 0 aliphatic heterocycles. The molecule has 2 aromatic rings. The maximum absolute atomic E-state index is 13.8. The highest BCUT2D eigenvalue weighted by Crippen LogP contribution is 2.17. The Morgan fingerprint density at radius 2 is 1.84 bits per heavy atom. The lowest BCUT2D eigenvalue weighted by Gasteiger charge is -2.08. The molecule has 0 saturated carbocycles. The Labute approximate surface area is 112 Å². The Morgan fingerprint density at radius 3 is 2.42 bits per heavy atom. The highest BCUT2D eigenvalue weighted by atomic mass is 19.1. The SMILES string of the molecule is CC(=O)c1ccc(NCc2ccc(C)cc2)c(F)c1. The van der Waals surface area contributed by atoms with Crippen LogP contribution in [0.1, 0.15) is 28.4 Å². The fraction of sp³-hybridized carbons (Fsp3) is 0.188. The molecule has 0 bridgehead atoms. The van der Waals surface area contributed by atoms with Crippen LogP contribution in [0.5, 0.6) is 0 Å². The zero-order chi connectivity index (χ0) is 13.8. The molecule has 0 aliphatic carbocycles. The van der Waals surface area contributed by atoms with Gasteiger partial charge in [-0.15, -0.1) is 0 Å². The number of aryl methyl sites for hydroxylation is 1. The van der Waals surface area contributed by atoms with Gasteiger partial charge in [-0.05, 0) is 37.6 Å². The fourth-order valence-electron chi connectivity index (χ4n) is 1.78. The molecule has 0 aliphatic rings. The first kappa shape index (κ1) is 13.3. The average molecular weight is 257 g/mol. The number of hydrogen-bond donors (Lipinski definition) is 1. The first-order valence-electron chi connectivity index (χ1n) is 6.16. The Kier molecular flexibility index (Phi) is 3.95. The Morgan fingerprint density at radius 1 is 1.16 bits per heavy atom. The van der Waals surface area contributed by atoms with Crippen molar-refractivity contribution in [3.63, 3.8) is 0 Å². The number of Topliss-reactive ketones (excluding diaryl/α,β-unsaturated/α-hetero) is 1. The molecule has 0 spiro atoms. The first-order chi connectivity index (χ1) is 9.06. The van der Waals surface area contributed by atoms with Crippen molar-refractivity contribution >= 4 is 11.5 Å². The van der Waals surface area contributed by atoms with Crippen molar-refractivity contribution in [2.24, 2.45) is 0 Å². The molecule has 19 heavy (non-hydrogen) atoms. The van der Waals surface area contributed by atoms with E-state index in [2.05, 4.69) is 5.32 Å². The quantitative estimate of drug-likeness (QED) is 0.840. The number of halogens is 1. The van der Waals surface area contributed by atoms with Gasteiger partial charge in [0.1, 0.15) is 5.82 Å². The lowest BCUT2D eigenvalue weighted by atomic mass is 10.1. The van der Waals surface area contributed by atoms with E-state index in [0.717, 1.165) is 5.56 Å². The lowest BCUT2D eigenvalue weighted by Crippen LogP contribution is -2.03. The summed E-state index contributed by atoms with van der Waals surface area (Å²) in [6, 6.07) is 12.5. The number of hydrogen-bond acceptors (Lipinski definition) is 2. The molecule has 0 heterocycles. The summed E-state index contributed by atoms with van der Waals surface area (Å²) in [6.07, 6.45) is 0. The molecule has 0 amide bonds. The summed E-state index contributed by atoms with van der Waals surface area (Å²) in [5.74, 6) is -0.538. The monoisotopic (exact) mass is 257 g/mol. The minimum Gasteiger partial charge on any atom is -0.379 e. The number of anilines is 1. The van der Waals surface area contributed by atoms with Gasteiger partial charge in [-0.1, -0.05) is 29.8 Å². The van der Waals surface area contributed by atoms with Crippen molar-refractivity contribution in [3.05, 3.63) is 65.0 Å². The number of benzene rings is 2. The van der Waals surface area contributed by atoms with Crippen molar-refractivity contribution in [2.75, 3.05) is 5.32 Å². The summed E-state index contributed by atoms with van der Waals surface area (Å²) in [4.78, 5) is 11.1. The first-order valence-corrected chi connectivity index (χ1v) is 6.16. The van der Waals surface area contributed by atoms with E-state index >= 15 is 0 Å². The smallest absolute Gasteiger partial charge is 0.159 e. The molecule has 2 aromatic carbocycles. The molecule has 98 valence electrons. The van der Waals surface area contributed by atoms with Gasteiger partial charge in [0, 0.05) is 12.1 Å². The van der Waals surface area contributed by atoms with E-state index < -0.39 is 5.82 Å². The van der Waals surface area contributed by atoms with Crippen LogP contribution in [0.4, 0.5) is 10.1 Å². The molecular formula is C16H16FNO. The van der Waals surface area contributed by atoms with Gasteiger partial charge >= 0.3 is 0 Å². The highest BCUT2D eigenvalue weighted by molar-refractivity contribution is 5.94. The van der Waals surface area contributed by atoms with Crippen LogP contribution in [-0.2, 0) is 6.54 Å². The second-order valence-electron chi connectivity index (χ2n) is 4.59. The van der Waals surface area contributed by atoms with Crippen LogP contribution in [-0.4, -0.2) is 5.78 Å². The van der Waals surface area contributed by atoms with Crippen LogP contribution in [0, 0.1) is 12.7 Å². The third-order valence-electron chi connectivity index (χ3n) is 2.98. The van der Waals surface area contributed by atoms with E-state index in [0.29, 0.717) is 17.8 Å². The zero-order valence-electron chi connectivity index (χ0n) is 11.0. The van der Waals surface area contributed by atoms with Crippen molar-refractivity contribution in [1.29, 1.82) is 0 Å². The molecular weight excluding hydrogens is 241 g/mol. The van der Waals surface area contributed by atoms with Crippen LogP contribution >= 0.6 is 0 Å². The second-order valence-corrected chi connectivity index (χ2v) is 4.59. The molecule has 0 aromatic heterocycles. The van der Waals surface area contributed by atoms with Gasteiger partial charge in [-0.3, -0.25) is 4.79 Å². The zero-order valence-corrected chi connectivity index (χ0v) is 11.0. The largest absolute Gasteiger partial charge is 0.379 e. The molecule has 0 radical (unpaired) electrons. The third-order valence-corrected chi connectivity index (χ3v) is 2.98. The van der Waals surface area contributed by atoms with Gasteiger partial charge in [0.2, 0.25) is 0 Å².